The molecule has 1 aliphatic heterocycles. The van der Waals surface area contributed by atoms with Gasteiger partial charge in [-0.25, -0.2) is 9.07 Å². The average Bonchev–Trinajstić information content (AvgIpc) is 3.55. The van der Waals surface area contributed by atoms with Crippen LogP contribution in [0.15, 0.2) is 71.3 Å². The first-order chi connectivity index (χ1) is 16.7. The summed E-state index contributed by atoms with van der Waals surface area (Å²) in [6, 6.07) is 19.9. The zero-order chi connectivity index (χ0) is 23.3. The molecular formula is C25H24FN7O. The summed E-state index contributed by atoms with van der Waals surface area (Å²) >= 11 is 0. The van der Waals surface area contributed by atoms with E-state index in [1.807, 2.05) is 36.4 Å². The molecular weight excluding hydrogens is 433 g/mol. The minimum absolute atomic E-state index is 0.172. The Morgan fingerprint density at radius 3 is 2.41 bits per heavy atom. The van der Waals surface area contributed by atoms with Crippen molar-refractivity contribution in [2.75, 3.05) is 26.2 Å². The molecule has 5 rings (SSSR count). The summed E-state index contributed by atoms with van der Waals surface area (Å²) in [7, 11) is 0. The van der Waals surface area contributed by atoms with Gasteiger partial charge in [-0.05, 0) is 58.0 Å². The molecule has 1 aliphatic rings. The van der Waals surface area contributed by atoms with Gasteiger partial charge in [-0.1, -0.05) is 24.3 Å². The van der Waals surface area contributed by atoms with E-state index in [-0.39, 0.29) is 11.9 Å². The predicted molar refractivity (Wildman–Crippen MR) is 122 cm³/mol. The molecule has 0 amide bonds. The van der Waals surface area contributed by atoms with Gasteiger partial charge in [-0.15, -0.1) is 5.10 Å². The molecule has 0 N–H and O–H groups in total. The van der Waals surface area contributed by atoms with Crippen LogP contribution >= 0.6 is 0 Å². The summed E-state index contributed by atoms with van der Waals surface area (Å²) in [6.07, 6.45) is 1.70. The van der Waals surface area contributed by atoms with E-state index >= 15 is 0 Å². The van der Waals surface area contributed by atoms with Crippen molar-refractivity contribution < 1.29 is 8.81 Å². The second-order valence-electron chi connectivity index (χ2n) is 8.35. The molecule has 0 saturated carbocycles. The maximum atomic E-state index is 13.4. The fourth-order valence-corrected chi connectivity index (χ4v) is 4.35. The lowest BCUT2D eigenvalue weighted by Gasteiger charge is -2.38. The summed E-state index contributed by atoms with van der Waals surface area (Å²) in [5.41, 5.74) is 2.54. The highest BCUT2D eigenvalue weighted by Gasteiger charge is 2.31. The summed E-state index contributed by atoms with van der Waals surface area (Å²) in [5.74, 6) is 1.40. The molecule has 3 heterocycles. The highest BCUT2D eigenvalue weighted by Crippen LogP contribution is 2.29. The van der Waals surface area contributed by atoms with Crippen molar-refractivity contribution >= 4 is 0 Å². The van der Waals surface area contributed by atoms with E-state index in [1.165, 1.54) is 12.1 Å². The number of tetrazole rings is 1. The molecule has 2 aromatic heterocycles. The van der Waals surface area contributed by atoms with E-state index in [0.29, 0.717) is 17.9 Å². The summed E-state index contributed by atoms with van der Waals surface area (Å²) in [4.78, 5) is 4.74. The smallest absolute Gasteiger partial charge is 0.173 e. The van der Waals surface area contributed by atoms with Gasteiger partial charge in [0.05, 0.1) is 37.0 Å². The first kappa shape index (κ1) is 21.9. The third kappa shape index (κ3) is 4.88. The van der Waals surface area contributed by atoms with Crippen molar-refractivity contribution in [2.24, 2.45) is 0 Å². The molecule has 0 bridgehead atoms. The van der Waals surface area contributed by atoms with Crippen LogP contribution in [0.3, 0.4) is 0 Å². The molecule has 0 radical (unpaired) electrons. The number of furan rings is 1. The number of hydrogen-bond acceptors (Lipinski definition) is 7. The fourth-order valence-electron chi connectivity index (χ4n) is 4.35. The van der Waals surface area contributed by atoms with E-state index in [0.717, 1.165) is 49.6 Å². The number of nitrogens with zero attached hydrogens (tertiary/aromatic N) is 7. The van der Waals surface area contributed by atoms with Crippen LogP contribution in [0.25, 0.3) is 0 Å². The van der Waals surface area contributed by atoms with Crippen molar-refractivity contribution in [2.45, 2.75) is 19.1 Å². The van der Waals surface area contributed by atoms with Crippen LogP contribution in [0.1, 0.15) is 34.3 Å². The standard InChI is InChI=1S/C25H24FN7O/c26-22-9-5-20(6-10-22)17-33-25(28-29-30-33)24(21-7-3-19(16-27)4-8-21)32-13-11-31(12-14-32)18-23-2-1-15-34-23/h1-10,15,24H,11-14,17-18H2/t24-/m1/s1. The third-order valence-electron chi connectivity index (χ3n) is 6.14. The van der Waals surface area contributed by atoms with Gasteiger partial charge in [0, 0.05) is 26.2 Å². The first-order valence-corrected chi connectivity index (χ1v) is 11.2. The molecule has 4 aromatic rings. The highest BCUT2D eigenvalue weighted by molar-refractivity contribution is 5.35. The van der Waals surface area contributed by atoms with Gasteiger partial charge in [0.2, 0.25) is 0 Å². The molecule has 1 saturated heterocycles. The van der Waals surface area contributed by atoms with Crippen LogP contribution < -0.4 is 0 Å². The van der Waals surface area contributed by atoms with Gasteiger partial charge >= 0.3 is 0 Å². The number of benzene rings is 2. The molecule has 1 atom stereocenters. The van der Waals surface area contributed by atoms with Crippen LogP contribution in [-0.2, 0) is 13.1 Å². The van der Waals surface area contributed by atoms with Gasteiger partial charge in [0.25, 0.3) is 0 Å². The van der Waals surface area contributed by atoms with Crippen molar-refractivity contribution in [1.82, 2.24) is 30.0 Å². The van der Waals surface area contributed by atoms with Gasteiger partial charge in [-0.3, -0.25) is 9.80 Å². The Labute approximate surface area is 196 Å². The molecule has 1 fully saturated rings. The lowest BCUT2D eigenvalue weighted by atomic mass is 10.0. The summed E-state index contributed by atoms with van der Waals surface area (Å²) in [6.45, 7) is 4.64. The Kier molecular flexibility index (Phi) is 6.42. The van der Waals surface area contributed by atoms with Crippen molar-refractivity contribution in [3.8, 4) is 6.07 Å². The second-order valence-corrected chi connectivity index (χ2v) is 8.35. The number of nitriles is 1. The zero-order valence-corrected chi connectivity index (χ0v) is 18.6. The van der Waals surface area contributed by atoms with Crippen LogP contribution in [0, 0.1) is 17.1 Å². The van der Waals surface area contributed by atoms with Crippen molar-refractivity contribution in [3.05, 3.63) is 101 Å². The van der Waals surface area contributed by atoms with Gasteiger partial charge in [0.15, 0.2) is 5.82 Å². The largest absolute Gasteiger partial charge is 0.468 e. The van der Waals surface area contributed by atoms with E-state index in [4.69, 9.17) is 4.42 Å². The minimum atomic E-state index is -0.274. The molecule has 0 aliphatic carbocycles. The Morgan fingerprint density at radius 1 is 0.971 bits per heavy atom. The van der Waals surface area contributed by atoms with Crippen LogP contribution in [0.2, 0.25) is 0 Å². The predicted octanol–water partition coefficient (Wildman–Crippen LogP) is 3.23. The molecule has 9 heteroatoms. The Hall–Kier alpha value is -3.87. The summed E-state index contributed by atoms with van der Waals surface area (Å²) in [5, 5.41) is 21.8. The topological polar surface area (TPSA) is 87.0 Å². The quantitative estimate of drug-likeness (QED) is 0.421. The fraction of sp³-hybridized carbons (Fsp3) is 0.280. The number of halogens is 1. The number of piperazine rings is 1. The van der Waals surface area contributed by atoms with Crippen molar-refractivity contribution in [3.63, 3.8) is 0 Å². The molecule has 2 aromatic carbocycles. The molecule has 8 nitrogen and oxygen atoms in total. The van der Waals surface area contributed by atoms with Crippen LogP contribution in [0.5, 0.6) is 0 Å². The minimum Gasteiger partial charge on any atom is -0.468 e. The third-order valence-corrected chi connectivity index (χ3v) is 6.14. The number of hydrogen-bond donors (Lipinski definition) is 0. The van der Waals surface area contributed by atoms with Crippen LogP contribution in [-0.4, -0.2) is 56.2 Å². The maximum Gasteiger partial charge on any atom is 0.173 e. The lowest BCUT2D eigenvalue weighted by molar-refractivity contribution is 0.0956. The Balaban J connectivity index is 1.40. The molecule has 172 valence electrons. The SMILES string of the molecule is N#Cc1ccc([C@H](c2nnnn2Cc2ccc(F)cc2)N2CCN(Cc3ccco3)CC2)cc1. The molecule has 34 heavy (non-hydrogen) atoms. The van der Waals surface area contributed by atoms with E-state index in [1.54, 1.807) is 23.1 Å². The van der Waals surface area contributed by atoms with Gasteiger partial charge < -0.3 is 4.42 Å². The van der Waals surface area contributed by atoms with Crippen LogP contribution in [0.4, 0.5) is 4.39 Å². The van der Waals surface area contributed by atoms with Gasteiger partial charge in [-0.2, -0.15) is 5.26 Å². The Bertz CT molecular complexity index is 1240. The number of aromatic nitrogens is 4. The van der Waals surface area contributed by atoms with E-state index in [2.05, 4.69) is 31.4 Å². The summed E-state index contributed by atoms with van der Waals surface area (Å²) < 4.78 is 20.6. The van der Waals surface area contributed by atoms with Gasteiger partial charge in [0.1, 0.15) is 11.6 Å². The number of rotatable bonds is 7. The monoisotopic (exact) mass is 457 g/mol. The van der Waals surface area contributed by atoms with E-state index in [9.17, 15) is 9.65 Å². The Morgan fingerprint density at radius 2 is 1.74 bits per heavy atom. The second kappa shape index (κ2) is 9.95. The highest BCUT2D eigenvalue weighted by atomic mass is 19.1. The average molecular weight is 458 g/mol. The van der Waals surface area contributed by atoms with E-state index < -0.39 is 0 Å². The zero-order valence-electron chi connectivity index (χ0n) is 18.6. The molecule has 0 spiro atoms. The van der Waals surface area contributed by atoms with Crippen molar-refractivity contribution in [1.29, 1.82) is 5.26 Å². The first-order valence-electron chi connectivity index (χ1n) is 11.2. The lowest BCUT2D eigenvalue weighted by Crippen LogP contribution is -2.47. The normalized spacial score (nSPS) is 15.8. The molecule has 0 unspecified atom stereocenters. The maximum absolute atomic E-state index is 13.4.